The monoisotopic (exact) mass is 150 g/mol. The second-order valence-electron chi connectivity index (χ2n) is 2.50. The van der Waals surface area contributed by atoms with Crippen LogP contribution in [0.15, 0.2) is 24.7 Å². The molecule has 1 heterocycles. The average Bonchev–Trinajstić information content (AvgIpc) is 2.33. The summed E-state index contributed by atoms with van der Waals surface area (Å²) in [6.07, 6.45) is 3.13. The molecule has 0 spiro atoms. The molecule has 0 atom stereocenters. The van der Waals surface area contributed by atoms with Crippen LogP contribution < -0.4 is 0 Å². The first-order valence-corrected chi connectivity index (χ1v) is 3.29. The second kappa shape index (κ2) is 2.70. The Hall–Kier alpha value is -1.38. The van der Waals surface area contributed by atoms with Gasteiger partial charge in [-0.05, 0) is 12.5 Å². The van der Waals surface area contributed by atoms with Gasteiger partial charge in [-0.25, -0.2) is 4.98 Å². The average molecular weight is 150 g/mol. The van der Waals surface area contributed by atoms with Crippen molar-refractivity contribution in [2.45, 2.75) is 6.92 Å². The SMILES string of the molecule is C=C(C)C(=O)c1cncn1C. The van der Waals surface area contributed by atoms with Gasteiger partial charge in [0.05, 0.1) is 12.5 Å². The minimum atomic E-state index is -0.0509. The number of Topliss-reactive ketones (excluding diaryl/α,β-unsaturated/α-hetero) is 1. The molecule has 11 heavy (non-hydrogen) atoms. The zero-order chi connectivity index (χ0) is 8.43. The molecule has 0 fully saturated rings. The first-order chi connectivity index (χ1) is 5.13. The molecule has 1 rings (SSSR count). The van der Waals surface area contributed by atoms with Gasteiger partial charge < -0.3 is 4.57 Å². The molecule has 0 bridgehead atoms. The predicted molar refractivity (Wildman–Crippen MR) is 42.4 cm³/mol. The number of ketones is 1. The van der Waals surface area contributed by atoms with Crippen molar-refractivity contribution in [2.75, 3.05) is 0 Å². The van der Waals surface area contributed by atoms with Gasteiger partial charge in [0.25, 0.3) is 0 Å². The van der Waals surface area contributed by atoms with Crippen LogP contribution in [0, 0.1) is 0 Å². The molecule has 1 aromatic rings. The van der Waals surface area contributed by atoms with E-state index in [1.165, 1.54) is 6.20 Å². The molecular formula is C8H10N2O. The molecule has 0 saturated carbocycles. The highest BCUT2D eigenvalue weighted by Gasteiger charge is 2.08. The minimum Gasteiger partial charge on any atom is -0.331 e. The lowest BCUT2D eigenvalue weighted by Gasteiger charge is -1.98. The number of allylic oxidation sites excluding steroid dienone is 1. The number of hydrogen-bond acceptors (Lipinski definition) is 2. The van der Waals surface area contributed by atoms with Crippen LogP contribution in [0.25, 0.3) is 0 Å². The number of imidazole rings is 1. The third kappa shape index (κ3) is 1.37. The molecule has 3 nitrogen and oxygen atoms in total. The van der Waals surface area contributed by atoms with Crippen LogP contribution in [-0.2, 0) is 7.05 Å². The molecule has 0 aliphatic heterocycles. The zero-order valence-electron chi connectivity index (χ0n) is 6.66. The third-order valence-corrected chi connectivity index (χ3v) is 1.44. The molecular weight excluding hydrogens is 140 g/mol. The molecule has 0 aliphatic carbocycles. The summed E-state index contributed by atoms with van der Waals surface area (Å²) in [4.78, 5) is 15.1. The van der Waals surface area contributed by atoms with Gasteiger partial charge in [0.2, 0.25) is 5.78 Å². The van der Waals surface area contributed by atoms with Gasteiger partial charge in [0, 0.05) is 7.05 Å². The van der Waals surface area contributed by atoms with Crippen LogP contribution in [-0.4, -0.2) is 15.3 Å². The van der Waals surface area contributed by atoms with Crippen molar-refractivity contribution >= 4 is 5.78 Å². The summed E-state index contributed by atoms with van der Waals surface area (Å²) in [6, 6.07) is 0. The number of aryl methyl sites for hydroxylation is 1. The summed E-state index contributed by atoms with van der Waals surface area (Å²) in [5.74, 6) is -0.0509. The minimum absolute atomic E-state index is 0.0509. The van der Waals surface area contributed by atoms with Crippen LogP contribution in [0.2, 0.25) is 0 Å². The van der Waals surface area contributed by atoms with E-state index in [1.807, 2.05) is 0 Å². The summed E-state index contributed by atoms with van der Waals surface area (Å²) in [6.45, 7) is 5.25. The molecule has 0 N–H and O–H groups in total. The molecule has 3 heteroatoms. The number of carbonyl (C=O) groups excluding carboxylic acids is 1. The quantitative estimate of drug-likeness (QED) is 0.468. The van der Waals surface area contributed by atoms with Crippen molar-refractivity contribution in [2.24, 2.45) is 7.05 Å². The number of rotatable bonds is 2. The predicted octanol–water partition coefficient (Wildman–Crippen LogP) is 1.18. The van der Waals surface area contributed by atoms with E-state index >= 15 is 0 Å². The fourth-order valence-corrected chi connectivity index (χ4v) is 0.795. The van der Waals surface area contributed by atoms with Crippen LogP contribution in [0.1, 0.15) is 17.4 Å². The Morgan fingerprint density at radius 1 is 1.73 bits per heavy atom. The summed E-state index contributed by atoms with van der Waals surface area (Å²) < 4.78 is 1.68. The summed E-state index contributed by atoms with van der Waals surface area (Å²) >= 11 is 0. The van der Waals surface area contributed by atoms with Crippen LogP contribution >= 0.6 is 0 Å². The lowest BCUT2D eigenvalue weighted by Crippen LogP contribution is -2.05. The highest BCUT2D eigenvalue weighted by atomic mass is 16.1. The van der Waals surface area contributed by atoms with Crippen LogP contribution in [0.5, 0.6) is 0 Å². The van der Waals surface area contributed by atoms with Crippen molar-refractivity contribution < 1.29 is 4.79 Å². The van der Waals surface area contributed by atoms with E-state index in [-0.39, 0.29) is 5.78 Å². The van der Waals surface area contributed by atoms with E-state index in [2.05, 4.69) is 11.6 Å². The summed E-state index contributed by atoms with van der Waals surface area (Å²) in [5.41, 5.74) is 1.12. The maximum atomic E-state index is 11.3. The standard InChI is InChI=1S/C8H10N2O/c1-6(2)8(11)7-4-9-5-10(7)3/h4-5H,1H2,2-3H3. The highest BCUT2D eigenvalue weighted by molar-refractivity contribution is 6.06. The Morgan fingerprint density at radius 3 is 2.73 bits per heavy atom. The molecule has 0 unspecified atom stereocenters. The van der Waals surface area contributed by atoms with E-state index in [0.717, 1.165) is 0 Å². The highest BCUT2D eigenvalue weighted by Crippen LogP contribution is 2.03. The van der Waals surface area contributed by atoms with Gasteiger partial charge in [-0.15, -0.1) is 0 Å². The third-order valence-electron chi connectivity index (χ3n) is 1.44. The van der Waals surface area contributed by atoms with E-state index in [0.29, 0.717) is 11.3 Å². The number of aromatic nitrogens is 2. The van der Waals surface area contributed by atoms with E-state index in [4.69, 9.17) is 0 Å². The molecule has 0 amide bonds. The Kier molecular flexibility index (Phi) is 1.89. The first kappa shape index (κ1) is 7.72. The number of nitrogens with zero attached hydrogens (tertiary/aromatic N) is 2. The molecule has 0 radical (unpaired) electrons. The van der Waals surface area contributed by atoms with Gasteiger partial charge in [-0.2, -0.15) is 0 Å². The number of carbonyl (C=O) groups is 1. The molecule has 0 aromatic carbocycles. The molecule has 0 aliphatic rings. The summed E-state index contributed by atoms with van der Waals surface area (Å²) in [7, 11) is 1.78. The van der Waals surface area contributed by atoms with Crippen molar-refractivity contribution in [1.82, 2.24) is 9.55 Å². The van der Waals surface area contributed by atoms with Crippen LogP contribution in [0.4, 0.5) is 0 Å². The van der Waals surface area contributed by atoms with Crippen molar-refractivity contribution in [3.05, 3.63) is 30.4 Å². The van der Waals surface area contributed by atoms with E-state index < -0.39 is 0 Å². The first-order valence-electron chi connectivity index (χ1n) is 3.29. The maximum absolute atomic E-state index is 11.3. The Balaban J connectivity index is 3.02. The van der Waals surface area contributed by atoms with Gasteiger partial charge in [-0.3, -0.25) is 4.79 Å². The maximum Gasteiger partial charge on any atom is 0.206 e. The Bertz CT molecular complexity index is 299. The van der Waals surface area contributed by atoms with Gasteiger partial charge in [-0.1, -0.05) is 6.58 Å². The Morgan fingerprint density at radius 2 is 2.36 bits per heavy atom. The van der Waals surface area contributed by atoms with Crippen molar-refractivity contribution in [3.8, 4) is 0 Å². The van der Waals surface area contributed by atoms with E-state index in [1.54, 1.807) is 24.9 Å². The van der Waals surface area contributed by atoms with Gasteiger partial charge in [0.1, 0.15) is 5.69 Å². The smallest absolute Gasteiger partial charge is 0.206 e. The number of hydrogen-bond donors (Lipinski definition) is 0. The Labute approximate surface area is 65.4 Å². The van der Waals surface area contributed by atoms with Crippen molar-refractivity contribution in [3.63, 3.8) is 0 Å². The lowest BCUT2D eigenvalue weighted by atomic mass is 10.2. The van der Waals surface area contributed by atoms with Gasteiger partial charge in [0.15, 0.2) is 0 Å². The fourth-order valence-electron chi connectivity index (χ4n) is 0.795. The lowest BCUT2D eigenvalue weighted by molar-refractivity contribution is 0.102. The largest absolute Gasteiger partial charge is 0.331 e. The zero-order valence-corrected chi connectivity index (χ0v) is 6.66. The normalized spacial score (nSPS) is 9.64. The van der Waals surface area contributed by atoms with Gasteiger partial charge >= 0.3 is 0 Å². The molecule has 1 aromatic heterocycles. The molecule has 0 saturated heterocycles. The van der Waals surface area contributed by atoms with Crippen molar-refractivity contribution in [1.29, 1.82) is 0 Å². The second-order valence-corrected chi connectivity index (χ2v) is 2.50. The summed E-state index contributed by atoms with van der Waals surface area (Å²) in [5, 5.41) is 0. The fraction of sp³-hybridized carbons (Fsp3) is 0.250. The molecule has 58 valence electrons. The van der Waals surface area contributed by atoms with E-state index in [9.17, 15) is 4.79 Å². The topological polar surface area (TPSA) is 34.9 Å². The van der Waals surface area contributed by atoms with Crippen LogP contribution in [0.3, 0.4) is 0 Å².